The zero-order valence-corrected chi connectivity index (χ0v) is 14.4. The van der Waals surface area contributed by atoms with Gasteiger partial charge in [0, 0.05) is 29.3 Å². The number of rotatable bonds is 5. The van der Waals surface area contributed by atoms with E-state index in [1.54, 1.807) is 16.8 Å². The summed E-state index contributed by atoms with van der Waals surface area (Å²) >= 11 is 1.55. The summed E-state index contributed by atoms with van der Waals surface area (Å²) in [4.78, 5) is 20.0. The predicted octanol–water partition coefficient (Wildman–Crippen LogP) is 2.73. The molecule has 2 aromatic heterocycles. The van der Waals surface area contributed by atoms with Crippen LogP contribution in [0.2, 0.25) is 0 Å². The molecule has 0 radical (unpaired) electrons. The van der Waals surface area contributed by atoms with Crippen molar-refractivity contribution in [2.75, 3.05) is 13.2 Å². The summed E-state index contributed by atoms with van der Waals surface area (Å²) in [5.74, 6) is -0.116. The number of benzene rings is 1. The van der Waals surface area contributed by atoms with Crippen molar-refractivity contribution in [1.82, 2.24) is 15.3 Å². The number of H-pyrrole nitrogens is 1. The summed E-state index contributed by atoms with van der Waals surface area (Å²) in [5.41, 5.74) is 4.28. The normalized spacial score (nSPS) is 20.6. The van der Waals surface area contributed by atoms with Crippen LogP contribution in [-0.4, -0.2) is 41.2 Å². The van der Waals surface area contributed by atoms with Gasteiger partial charge < -0.3 is 19.8 Å². The molecule has 1 fully saturated rings. The number of aromatic nitrogens is 2. The van der Waals surface area contributed by atoms with Gasteiger partial charge >= 0.3 is 0 Å². The largest absolute Gasteiger partial charge is 0.379 e. The van der Waals surface area contributed by atoms with Crippen LogP contribution >= 0.6 is 11.3 Å². The highest BCUT2D eigenvalue weighted by Gasteiger charge is 2.28. The molecule has 7 heteroatoms. The molecule has 0 unspecified atom stereocenters. The van der Waals surface area contributed by atoms with Gasteiger partial charge in [-0.25, -0.2) is 4.98 Å². The quantitative estimate of drug-likeness (QED) is 0.736. The van der Waals surface area contributed by atoms with Gasteiger partial charge in [-0.1, -0.05) is 6.07 Å². The molecular weight excluding hydrogens is 338 g/mol. The van der Waals surface area contributed by atoms with Crippen LogP contribution in [-0.2, 0) is 16.1 Å². The Labute approximate surface area is 149 Å². The summed E-state index contributed by atoms with van der Waals surface area (Å²) in [6.07, 6.45) is 2.54. The lowest BCUT2D eigenvalue weighted by Gasteiger charge is -2.32. The maximum atomic E-state index is 12.6. The highest BCUT2D eigenvalue weighted by atomic mass is 32.1. The van der Waals surface area contributed by atoms with Crippen molar-refractivity contribution in [2.45, 2.75) is 25.2 Å². The lowest BCUT2D eigenvalue weighted by atomic mass is 10.1. The van der Waals surface area contributed by atoms with Crippen molar-refractivity contribution in [3.63, 3.8) is 0 Å². The molecular formula is C18H19N3O3S. The van der Waals surface area contributed by atoms with E-state index in [9.17, 15) is 4.79 Å². The van der Waals surface area contributed by atoms with E-state index < -0.39 is 0 Å². The topological polar surface area (TPSA) is 76.2 Å². The number of carbonyl (C=O) groups excluding carboxylic acids is 1. The molecule has 0 spiro atoms. The predicted molar refractivity (Wildman–Crippen MR) is 95.7 cm³/mol. The number of nitrogens with one attached hydrogen (secondary N) is 2. The van der Waals surface area contributed by atoms with Crippen molar-refractivity contribution in [3.05, 3.63) is 52.6 Å². The maximum Gasteiger partial charge on any atom is 0.251 e. The lowest BCUT2D eigenvalue weighted by Crippen LogP contribution is -2.50. The summed E-state index contributed by atoms with van der Waals surface area (Å²) in [6.45, 7) is 1.55. The number of aromatic amines is 1. The van der Waals surface area contributed by atoms with Crippen LogP contribution in [0.3, 0.4) is 0 Å². The molecule has 1 aliphatic heterocycles. The van der Waals surface area contributed by atoms with E-state index in [2.05, 4.69) is 15.3 Å². The molecule has 0 bridgehead atoms. The first-order valence-corrected chi connectivity index (χ1v) is 9.18. The molecule has 1 saturated heterocycles. The van der Waals surface area contributed by atoms with Crippen molar-refractivity contribution >= 4 is 28.1 Å². The highest BCUT2D eigenvalue weighted by Crippen LogP contribution is 2.17. The first kappa shape index (κ1) is 16.3. The Balaban J connectivity index is 1.42. The van der Waals surface area contributed by atoms with Crippen LogP contribution in [0, 0.1) is 0 Å². The van der Waals surface area contributed by atoms with Crippen molar-refractivity contribution in [1.29, 1.82) is 0 Å². The highest BCUT2D eigenvalue weighted by molar-refractivity contribution is 7.07. The molecule has 4 rings (SSSR count). The third-order valence-corrected chi connectivity index (χ3v) is 4.99. The smallest absolute Gasteiger partial charge is 0.251 e. The van der Waals surface area contributed by atoms with E-state index in [-0.39, 0.29) is 18.1 Å². The van der Waals surface area contributed by atoms with Crippen molar-refractivity contribution < 1.29 is 14.3 Å². The number of carbonyl (C=O) groups is 1. The number of thiazole rings is 1. The Hall–Kier alpha value is -2.22. The van der Waals surface area contributed by atoms with Gasteiger partial charge in [-0.2, -0.15) is 0 Å². The third-order valence-electron chi connectivity index (χ3n) is 4.36. The Bertz CT molecular complexity index is 846. The van der Waals surface area contributed by atoms with Gasteiger partial charge in [0.05, 0.1) is 36.6 Å². The maximum absolute atomic E-state index is 12.6. The number of hydrogen-bond donors (Lipinski definition) is 2. The van der Waals surface area contributed by atoms with Gasteiger partial charge in [0.1, 0.15) is 0 Å². The number of fused-ring (bicyclic) bond motifs is 1. The molecule has 0 aliphatic carbocycles. The SMILES string of the molecule is O=C(N[C@@H]1COCC[C@@H]1OCc1cscn1)c1ccc2cc[nH]c2c1. The Morgan fingerprint density at radius 3 is 3.28 bits per heavy atom. The van der Waals surface area contributed by atoms with E-state index in [4.69, 9.17) is 9.47 Å². The van der Waals surface area contributed by atoms with Crippen LogP contribution in [0.1, 0.15) is 22.5 Å². The molecule has 1 aromatic carbocycles. The molecule has 1 amide bonds. The van der Waals surface area contributed by atoms with Crippen LogP contribution in [0.4, 0.5) is 0 Å². The second kappa shape index (κ2) is 7.35. The van der Waals surface area contributed by atoms with Gasteiger partial charge in [-0.05, 0) is 30.0 Å². The summed E-state index contributed by atoms with van der Waals surface area (Å²) < 4.78 is 11.5. The minimum Gasteiger partial charge on any atom is -0.379 e. The molecule has 25 heavy (non-hydrogen) atoms. The van der Waals surface area contributed by atoms with E-state index in [1.807, 2.05) is 35.8 Å². The Kier molecular flexibility index (Phi) is 4.78. The lowest BCUT2D eigenvalue weighted by molar-refractivity contribution is -0.0611. The second-order valence-electron chi connectivity index (χ2n) is 6.05. The Morgan fingerprint density at radius 1 is 1.44 bits per heavy atom. The van der Waals surface area contributed by atoms with Crippen LogP contribution in [0.5, 0.6) is 0 Å². The van der Waals surface area contributed by atoms with E-state index in [0.717, 1.165) is 23.0 Å². The van der Waals surface area contributed by atoms with Crippen molar-refractivity contribution in [3.8, 4) is 0 Å². The van der Waals surface area contributed by atoms with Gasteiger partial charge in [-0.15, -0.1) is 11.3 Å². The number of amides is 1. The van der Waals surface area contributed by atoms with Gasteiger partial charge in [0.25, 0.3) is 5.91 Å². The fourth-order valence-electron chi connectivity index (χ4n) is 2.99. The molecule has 2 N–H and O–H groups in total. The molecule has 6 nitrogen and oxygen atoms in total. The van der Waals surface area contributed by atoms with Crippen molar-refractivity contribution in [2.24, 2.45) is 0 Å². The van der Waals surface area contributed by atoms with Crippen LogP contribution in [0.15, 0.2) is 41.4 Å². The zero-order chi connectivity index (χ0) is 17.1. The van der Waals surface area contributed by atoms with Crippen LogP contribution < -0.4 is 5.32 Å². The average Bonchev–Trinajstić information content (AvgIpc) is 3.31. The van der Waals surface area contributed by atoms with E-state index in [0.29, 0.717) is 25.4 Å². The van der Waals surface area contributed by atoms with Gasteiger partial charge in [0.15, 0.2) is 0 Å². The summed E-state index contributed by atoms with van der Waals surface area (Å²) in [6, 6.07) is 7.45. The minimum atomic E-state index is -0.167. The van der Waals surface area contributed by atoms with E-state index >= 15 is 0 Å². The molecule has 1 aliphatic rings. The molecule has 3 aromatic rings. The number of nitrogens with zero attached hydrogens (tertiary/aromatic N) is 1. The van der Waals surface area contributed by atoms with Crippen LogP contribution in [0.25, 0.3) is 10.9 Å². The Morgan fingerprint density at radius 2 is 2.40 bits per heavy atom. The molecule has 0 saturated carbocycles. The summed E-state index contributed by atoms with van der Waals surface area (Å²) in [7, 11) is 0. The standard InChI is InChI=1S/C18H19N3O3S/c22-18(13-2-1-12-3-5-19-15(12)7-13)21-16-9-23-6-4-17(16)24-8-14-10-25-11-20-14/h1-3,5,7,10-11,16-17,19H,4,6,8-9H2,(H,21,22)/t16-,17+/m1/s1. The van der Waals surface area contributed by atoms with Gasteiger partial charge in [-0.3, -0.25) is 4.79 Å². The third kappa shape index (κ3) is 3.73. The fourth-order valence-corrected chi connectivity index (χ4v) is 3.54. The molecule has 130 valence electrons. The first-order valence-electron chi connectivity index (χ1n) is 8.24. The number of ether oxygens (including phenoxy) is 2. The molecule has 2 atom stereocenters. The van der Waals surface area contributed by atoms with E-state index in [1.165, 1.54) is 0 Å². The fraction of sp³-hybridized carbons (Fsp3) is 0.333. The zero-order valence-electron chi connectivity index (χ0n) is 13.6. The monoisotopic (exact) mass is 357 g/mol. The average molecular weight is 357 g/mol. The summed E-state index contributed by atoms with van der Waals surface area (Å²) in [5, 5.41) is 6.11. The van der Waals surface area contributed by atoms with Gasteiger partial charge in [0.2, 0.25) is 0 Å². The second-order valence-corrected chi connectivity index (χ2v) is 6.77. The first-order chi connectivity index (χ1) is 12.3. The molecule has 3 heterocycles. The minimum absolute atomic E-state index is 0.0754. The number of hydrogen-bond acceptors (Lipinski definition) is 5.